The van der Waals surface area contributed by atoms with E-state index in [1.54, 1.807) is 25.1 Å². The van der Waals surface area contributed by atoms with E-state index in [1.807, 2.05) is 39.0 Å². The fourth-order valence-electron chi connectivity index (χ4n) is 3.13. The van der Waals surface area contributed by atoms with Crippen LogP contribution in [-0.2, 0) is 16.1 Å². The largest absolute Gasteiger partial charge is 0.483 e. The first kappa shape index (κ1) is 27.5. The second-order valence-corrected chi connectivity index (χ2v) is 10.9. The molecule has 2 aromatic rings. The Bertz CT molecular complexity index is 985. The van der Waals surface area contributed by atoms with E-state index < -0.39 is 11.6 Å². The maximum absolute atomic E-state index is 13.3. The number of nitrogens with zero attached hydrogens (tertiary/aromatic N) is 1. The van der Waals surface area contributed by atoms with E-state index in [0.29, 0.717) is 27.3 Å². The van der Waals surface area contributed by atoms with Gasteiger partial charge in [-0.3, -0.25) is 9.59 Å². The quantitative estimate of drug-likeness (QED) is 0.398. The van der Waals surface area contributed by atoms with Crippen LogP contribution in [0.5, 0.6) is 5.75 Å². The van der Waals surface area contributed by atoms with Crippen LogP contribution in [0.1, 0.15) is 58.6 Å². The molecule has 0 saturated heterocycles. The number of rotatable bonds is 8. The average Bonchev–Trinajstić information content (AvgIpc) is 2.70. The lowest BCUT2D eigenvalue weighted by atomic mass is 10.0. The van der Waals surface area contributed by atoms with Crippen molar-refractivity contribution in [1.29, 1.82) is 0 Å². The van der Waals surface area contributed by atoms with E-state index in [4.69, 9.17) is 27.9 Å². The molecule has 0 bridgehead atoms. The van der Waals surface area contributed by atoms with Crippen molar-refractivity contribution in [1.82, 2.24) is 10.2 Å². The highest BCUT2D eigenvalue weighted by molar-refractivity contribution is 9.10. The predicted octanol–water partition coefficient (Wildman–Crippen LogP) is 6.59. The third-order valence-electron chi connectivity index (χ3n) is 5.03. The van der Waals surface area contributed by atoms with Crippen LogP contribution in [0.4, 0.5) is 0 Å². The summed E-state index contributed by atoms with van der Waals surface area (Å²) in [5.41, 5.74) is 1.29. The van der Waals surface area contributed by atoms with E-state index in [0.717, 1.165) is 10.0 Å². The summed E-state index contributed by atoms with van der Waals surface area (Å²) < 4.78 is 6.57. The van der Waals surface area contributed by atoms with Gasteiger partial charge in [0.1, 0.15) is 11.8 Å². The lowest BCUT2D eigenvalue weighted by Gasteiger charge is -2.31. The molecule has 0 saturated carbocycles. The molecule has 1 unspecified atom stereocenters. The minimum absolute atomic E-state index is 0.0763. The zero-order chi connectivity index (χ0) is 24.9. The summed E-state index contributed by atoms with van der Waals surface area (Å²) in [6, 6.07) is 10.2. The number of benzene rings is 2. The second-order valence-electron chi connectivity index (χ2n) is 9.27. The van der Waals surface area contributed by atoms with E-state index in [9.17, 15) is 9.59 Å². The summed E-state index contributed by atoms with van der Waals surface area (Å²) in [7, 11) is 0. The molecule has 0 radical (unpaired) electrons. The van der Waals surface area contributed by atoms with Crippen molar-refractivity contribution in [2.75, 3.05) is 6.61 Å². The highest BCUT2D eigenvalue weighted by atomic mass is 79.9. The molecule has 2 rings (SSSR count). The first-order valence-electron chi connectivity index (χ1n) is 10.8. The van der Waals surface area contributed by atoms with Crippen molar-refractivity contribution in [3.05, 3.63) is 62.0 Å². The predicted molar refractivity (Wildman–Crippen MR) is 138 cm³/mol. The van der Waals surface area contributed by atoms with Crippen LogP contribution in [0.2, 0.25) is 10.0 Å². The van der Waals surface area contributed by atoms with Gasteiger partial charge in [0, 0.05) is 27.7 Å². The van der Waals surface area contributed by atoms with E-state index in [1.165, 1.54) is 4.90 Å². The van der Waals surface area contributed by atoms with Gasteiger partial charge in [-0.1, -0.05) is 49.2 Å². The Balaban J connectivity index is 2.26. The van der Waals surface area contributed by atoms with Crippen molar-refractivity contribution >= 4 is 50.9 Å². The molecule has 0 spiro atoms. The van der Waals surface area contributed by atoms with E-state index in [-0.39, 0.29) is 25.0 Å². The fraction of sp³-hybridized carbons (Fsp3) is 0.440. The van der Waals surface area contributed by atoms with Crippen molar-refractivity contribution < 1.29 is 14.3 Å². The molecule has 33 heavy (non-hydrogen) atoms. The maximum atomic E-state index is 13.3. The Labute approximate surface area is 214 Å². The van der Waals surface area contributed by atoms with Crippen LogP contribution in [0.15, 0.2) is 40.9 Å². The van der Waals surface area contributed by atoms with Gasteiger partial charge in [-0.2, -0.15) is 0 Å². The van der Waals surface area contributed by atoms with Gasteiger partial charge in [0.2, 0.25) is 5.91 Å². The number of ether oxygens (including phenoxy) is 1. The van der Waals surface area contributed by atoms with Gasteiger partial charge in [0.25, 0.3) is 5.91 Å². The number of carbonyl (C=O) groups is 2. The lowest BCUT2D eigenvalue weighted by Crippen LogP contribution is -2.53. The smallest absolute Gasteiger partial charge is 0.261 e. The van der Waals surface area contributed by atoms with Crippen LogP contribution < -0.4 is 10.1 Å². The van der Waals surface area contributed by atoms with Crippen LogP contribution in [-0.4, -0.2) is 34.9 Å². The third kappa shape index (κ3) is 7.90. The number of amides is 2. The zero-order valence-corrected chi connectivity index (χ0v) is 22.9. The summed E-state index contributed by atoms with van der Waals surface area (Å²) in [5.74, 6) is 0.286. The van der Waals surface area contributed by atoms with Gasteiger partial charge in [-0.05, 0) is 79.4 Å². The van der Waals surface area contributed by atoms with Crippen molar-refractivity contribution in [3.63, 3.8) is 0 Å². The molecular formula is C25H31BrCl2N2O3. The summed E-state index contributed by atoms with van der Waals surface area (Å²) in [6.07, 6.45) is 0. The first-order chi connectivity index (χ1) is 15.3. The summed E-state index contributed by atoms with van der Waals surface area (Å²) >= 11 is 16.2. The summed E-state index contributed by atoms with van der Waals surface area (Å²) in [5, 5.41) is 3.78. The molecule has 1 N–H and O–H groups in total. The molecule has 8 heteroatoms. The van der Waals surface area contributed by atoms with Crippen LogP contribution in [0.3, 0.4) is 0 Å². The number of carbonyl (C=O) groups excluding carboxylic acids is 2. The Kier molecular flexibility index (Phi) is 9.65. The SMILES string of the molecule is CC(C)c1ccc(OCC(=O)N(Cc2c(Cl)cccc2Cl)C(C)C(=O)NC(C)(C)C)c(Br)c1. The van der Waals surface area contributed by atoms with Gasteiger partial charge in [0.15, 0.2) is 6.61 Å². The fourth-order valence-corrected chi connectivity index (χ4v) is 4.15. The van der Waals surface area contributed by atoms with Gasteiger partial charge in [-0.15, -0.1) is 0 Å². The normalized spacial score (nSPS) is 12.4. The molecule has 5 nitrogen and oxygen atoms in total. The molecule has 0 aliphatic heterocycles. The molecule has 0 fully saturated rings. The monoisotopic (exact) mass is 556 g/mol. The van der Waals surface area contributed by atoms with Gasteiger partial charge in [0.05, 0.1) is 4.47 Å². The molecule has 2 aromatic carbocycles. The van der Waals surface area contributed by atoms with Crippen LogP contribution in [0, 0.1) is 0 Å². The maximum Gasteiger partial charge on any atom is 0.261 e. The number of hydrogen-bond acceptors (Lipinski definition) is 3. The third-order valence-corrected chi connectivity index (χ3v) is 6.36. The molecule has 0 heterocycles. The lowest BCUT2D eigenvalue weighted by molar-refractivity contribution is -0.142. The topological polar surface area (TPSA) is 58.6 Å². The number of nitrogens with one attached hydrogen (secondary N) is 1. The standard InChI is InChI=1S/C25H31BrCl2N2O3/c1-15(2)17-10-11-22(19(26)12-17)33-14-23(31)30(16(3)24(32)29-25(4,5)6)13-18-20(27)8-7-9-21(18)28/h7-12,15-16H,13-14H2,1-6H3,(H,29,32). The zero-order valence-electron chi connectivity index (χ0n) is 19.8. The second kappa shape index (κ2) is 11.6. The van der Waals surface area contributed by atoms with E-state index in [2.05, 4.69) is 35.1 Å². The molecule has 180 valence electrons. The number of hydrogen-bond donors (Lipinski definition) is 1. The molecule has 0 aliphatic rings. The molecule has 1 atom stereocenters. The van der Waals surface area contributed by atoms with E-state index >= 15 is 0 Å². The van der Waals surface area contributed by atoms with Crippen molar-refractivity contribution in [2.24, 2.45) is 0 Å². The van der Waals surface area contributed by atoms with Crippen LogP contribution >= 0.6 is 39.1 Å². The minimum Gasteiger partial charge on any atom is -0.483 e. The molecule has 2 amide bonds. The van der Waals surface area contributed by atoms with Gasteiger partial charge >= 0.3 is 0 Å². The van der Waals surface area contributed by atoms with Crippen molar-refractivity contribution in [2.45, 2.75) is 65.6 Å². The highest BCUT2D eigenvalue weighted by Gasteiger charge is 2.29. The number of halogens is 3. The summed E-state index contributed by atoms with van der Waals surface area (Å²) in [4.78, 5) is 27.6. The van der Waals surface area contributed by atoms with Crippen LogP contribution in [0.25, 0.3) is 0 Å². The Morgan fingerprint density at radius 1 is 1.09 bits per heavy atom. The van der Waals surface area contributed by atoms with Crippen molar-refractivity contribution in [3.8, 4) is 5.75 Å². The summed E-state index contributed by atoms with van der Waals surface area (Å²) in [6.45, 7) is 11.4. The minimum atomic E-state index is -0.764. The van der Waals surface area contributed by atoms with Gasteiger partial charge in [-0.25, -0.2) is 0 Å². The Hall–Kier alpha value is -1.76. The average molecular weight is 558 g/mol. The Morgan fingerprint density at radius 3 is 2.21 bits per heavy atom. The highest BCUT2D eigenvalue weighted by Crippen LogP contribution is 2.30. The molecular weight excluding hydrogens is 527 g/mol. The first-order valence-corrected chi connectivity index (χ1v) is 12.3. The molecule has 0 aliphatic carbocycles. The van der Waals surface area contributed by atoms with Gasteiger partial charge < -0.3 is 15.0 Å². The molecule has 0 aromatic heterocycles. The Morgan fingerprint density at radius 2 is 1.70 bits per heavy atom.